The van der Waals surface area contributed by atoms with Gasteiger partial charge in [-0.3, -0.25) is 24.2 Å². The minimum atomic E-state index is -0.287. The molecule has 196 valence electrons. The van der Waals surface area contributed by atoms with Crippen LogP contribution in [-0.2, 0) is 11.8 Å². The van der Waals surface area contributed by atoms with Crippen molar-refractivity contribution in [3.63, 3.8) is 0 Å². The number of carbonyl (C=O) groups is 2. The van der Waals surface area contributed by atoms with Crippen LogP contribution in [0.3, 0.4) is 0 Å². The maximum Gasteiger partial charge on any atom is 0.259 e. The number of hydrogen-bond donors (Lipinski definition) is 2. The van der Waals surface area contributed by atoms with E-state index in [1.54, 1.807) is 27.8 Å². The van der Waals surface area contributed by atoms with E-state index in [1.165, 1.54) is 38.3 Å². The fourth-order valence-corrected chi connectivity index (χ4v) is 5.45. The molecule has 38 heavy (non-hydrogen) atoms. The van der Waals surface area contributed by atoms with Crippen LogP contribution in [0.1, 0.15) is 48.0 Å². The summed E-state index contributed by atoms with van der Waals surface area (Å²) >= 11 is 0. The molecular formula is C28H32N8O2. The summed E-state index contributed by atoms with van der Waals surface area (Å²) < 4.78 is 3.35. The third kappa shape index (κ3) is 4.79. The molecule has 0 bridgehead atoms. The lowest BCUT2D eigenvalue weighted by atomic mass is 9.88. The summed E-state index contributed by atoms with van der Waals surface area (Å²) in [6.07, 6.45) is 15.0. The molecule has 3 aromatic heterocycles. The van der Waals surface area contributed by atoms with Crippen LogP contribution in [0.5, 0.6) is 0 Å². The van der Waals surface area contributed by atoms with Crippen LogP contribution in [0.4, 0.5) is 11.4 Å². The van der Waals surface area contributed by atoms with Gasteiger partial charge in [0.25, 0.3) is 5.91 Å². The summed E-state index contributed by atoms with van der Waals surface area (Å²) in [5.74, 6) is -0.236. The van der Waals surface area contributed by atoms with Crippen LogP contribution < -0.4 is 10.6 Å². The Balaban J connectivity index is 1.11. The van der Waals surface area contributed by atoms with E-state index in [2.05, 4.69) is 30.7 Å². The smallest absolute Gasteiger partial charge is 0.259 e. The molecule has 6 rings (SSSR count). The zero-order chi connectivity index (χ0) is 26.2. The lowest BCUT2D eigenvalue weighted by Crippen LogP contribution is -2.56. The van der Waals surface area contributed by atoms with Crippen molar-refractivity contribution in [2.75, 3.05) is 23.7 Å². The van der Waals surface area contributed by atoms with Crippen LogP contribution >= 0.6 is 0 Å². The number of aromatic nitrogens is 5. The first-order valence-corrected chi connectivity index (χ1v) is 13.2. The van der Waals surface area contributed by atoms with E-state index in [4.69, 9.17) is 0 Å². The second kappa shape index (κ2) is 10.0. The SMILES string of the molecule is Cc1ccc(NC(=O)C2CN(C3CCCCC3)C2)cc1NC(=O)c1cnn2cc(-c3cnn(C)c3)ncc12. The number of fused-ring (bicyclic) bond motifs is 1. The molecule has 0 spiro atoms. The zero-order valence-electron chi connectivity index (χ0n) is 21.7. The highest BCUT2D eigenvalue weighted by atomic mass is 16.2. The number of hydrogen-bond acceptors (Lipinski definition) is 6. The van der Waals surface area contributed by atoms with Gasteiger partial charge >= 0.3 is 0 Å². The lowest BCUT2D eigenvalue weighted by molar-refractivity contribution is -0.126. The van der Waals surface area contributed by atoms with Gasteiger partial charge in [-0.15, -0.1) is 0 Å². The summed E-state index contributed by atoms with van der Waals surface area (Å²) in [5.41, 5.74) is 4.82. The standard InChI is InChI=1S/C28H32N8O2/c1-18-8-9-21(32-27(37)20-15-35(16-20)22-6-4-3-5-7-22)10-24(18)33-28(38)23-12-31-36-17-25(29-13-26(23)36)19-11-30-34(2)14-19/h8-14,17,20,22H,3-7,15-16H2,1-2H3,(H,32,37)(H,33,38). The lowest BCUT2D eigenvalue weighted by Gasteiger charge is -2.45. The Labute approximate surface area is 221 Å². The summed E-state index contributed by atoms with van der Waals surface area (Å²) in [7, 11) is 1.85. The number of rotatable bonds is 6. The topological polar surface area (TPSA) is 109 Å². The number of likely N-dealkylation sites (tertiary alicyclic amines) is 1. The Morgan fingerprint density at radius 3 is 2.55 bits per heavy atom. The highest BCUT2D eigenvalue weighted by molar-refractivity contribution is 6.09. The van der Waals surface area contributed by atoms with Crippen molar-refractivity contribution in [3.05, 3.63) is 60.3 Å². The van der Waals surface area contributed by atoms with Gasteiger partial charge in [0.2, 0.25) is 5.91 Å². The van der Waals surface area contributed by atoms with Crippen molar-refractivity contribution >= 4 is 28.7 Å². The van der Waals surface area contributed by atoms with Crippen LogP contribution in [-0.4, -0.2) is 60.2 Å². The molecule has 10 heteroatoms. The number of carbonyl (C=O) groups excluding carboxylic acids is 2. The summed E-state index contributed by atoms with van der Waals surface area (Å²) in [6, 6.07) is 6.23. The van der Waals surface area contributed by atoms with Gasteiger partial charge in [-0.1, -0.05) is 25.3 Å². The van der Waals surface area contributed by atoms with E-state index in [-0.39, 0.29) is 17.7 Å². The molecule has 1 saturated carbocycles. The van der Waals surface area contributed by atoms with Crippen molar-refractivity contribution < 1.29 is 9.59 Å². The molecule has 1 aromatic carbocycles. The Hall–Kier alpha value is -4.05. The van der Waals surface area contributed by atoms with E-state index >= 15 is 0 Å². The van der Waals surface area contributed by atoms with Gasteiger partial charge in [-0.05, 0) is 37.5 Å². The molecule has 0 atom stereocenters. The van der Waals surface area contributed by atoms with Gasteiger partial charge in [0.05, 0.1) is 47.5 Å². The van der Waals surface area contributed by atoms with Crippen LogP contribution in [0.2, 0.25) is 0 Å². The molecular weight excluding hydrogens is 480 g/mol. The highest BCUT2D eigenvalue weighted by Gasteiger charge is 2.37. The summed E-state index contributed by atoms with van der Waals surface area (Å²) in [4.78, 5) is 33.0. The van der Waals surface area contributed by atoms with Gasteiger partial charge in [-0.25, -0.2) is 4.52 Å². The van der Waals surface area contributed by atoms with E-state index in [0.29, 0.717) is 34.2 Å². The largest absolute Gasteiger partial charge is 0.326 e. The first-order valence-electron chi connectivity index (χ1n) is 13.2. The molecule has 1 aliphatic carbocycles. The zero-order valence-corrected chi connectivity index (χ0v) is 21.7. The highest BCUT2D eigenvalue weighted by Crippen LogP contribution is 2.30. The predicted molar refractivity (Wildman–Crippen MR) is 145 cm³/mol. The second-order valence-electron chi connectivity index (χ2n) is 10.5. The monoisotopic (exact) mass is 512 g/mol. The van der Waals surface area contributed by atoms with Gasteiger partial charge in [0.1, 0.15) is 0 Å². The number of aryl methyl sites for hydroxylation is 2. The maximum absolute atomic E-state index is 13.2. The third-order valence-electron chi connectivity index (χ3n) is 7.77. The quantitative estimate of drug-likeness (QED) is 0.406. The third-order valence-corrected chi connectivity index (χ3v) is 7.77. The van der Waals surface area contributed by atoms with Crippen molar-refractivity contribution in [3.8, 4) is 11.3 Å². The molecule has 2 aliphatic rings. The summed E-state index contributed by atoms with van der Waals surface area (Å²) in [6.45, 7) is 3.58. The minimum absolute atomic E-state index is 0.0131. The van der Waals surface area contributed by atoms with E-state index in [1.807, 2.05) is 38.4 Å². The predicted octanol–water partition coefficient (Wildman–Crippen LogP) is 3.89. The van der Waals surface area contributed by atoms with Gasteiger partial charge < -0.3 is 10.6 Å². The van der Waals surface area contributed by atoms with Crippen LogP contribution in [0, 0.1) is 12.8 Å². The van der Waals surface area contributed by atoms with Crippen molar-refractivity contribution in [1.82, 2.24) is 29.3 Å². The van der Waals surface area contributed by atoms with Crippen molar-refractivity contribution in [1.29, 1.82) is 0 Å². The number of benzene rings is 1. The van der Waals surface area contributed by atoms with E-state index < -0.39 is 0 Å². The van der Waals surface area contributed by atoms with Crippen LogP contribution in [0.15, 0.2) is 49.2 Å². The summed E-state index contributed by atoms with van der Waals surface area (Å²) in [5, 5.41) is 14.6. The van der Waals surface area contributed by atoms with Crippen molar-refractivity contribution in [2.45, 2.75) is 45.1 Å². The molecule has 1 saturated heterocycles. The Morgan fingerprint density at radius 2 is 1.79 bits per heavy atom. The fourth-order valence-electron chi connectivity index (χ4n) is 5.45. The average molecular weight is 513 g/mol. The van der Waals surface area contributed by atoms with Gasteiger partial charge in [0.15, 0.2) is 0 Å². The molecule has 10 nitrogen and oxygen atoms in total. The van der Waals surface area contributed by atoms with Crippen LogP contribution in [0.25, 0.3) is 16.8 Å². The molecule has 2 amide bonds. The molecule has 2 fully saturated rings. The minimum Gasteiger partial charge on any atom is -0.326 e. The Kier molecular flexibility index (Phi) is 6.40. The fraction of sp³-hybridized carbons (Fsp3) is 0.393. The second-order valence-corrected chi connectivity index (χ2v) is 10.5. The Morgan fingerprint density at radius 1 is 0.974 bits per heavy atom. The Bertz CT molecular complexity index is 1490. The molecule has 0 radical (unpaired) electrons. The number of nitrogens with zero attached hydrogens (tertiary/aromatic N) is 6. The average Bonchev–Trinajstić information content (AvgIpc) is 3.51. The number of anilines is 2. The molecule has 4 aromatic rings. The van der Waals surface area contributed by atoms with E-state index in [9.17, 15) is 9.59 Å². The molecule has 2 N–H and O–H groups in total. The first-order chi connectivity index (χ1) is 18.4. The first kappa shape index (κ1) is 24.3. The van der Waals surface area contributed by atoms with Gasteiger partial charge in [0, 0.05) is 49.3 Å². The molecule has 0 unspecified atom stereocenters. The number of nitrogens with one attached hydrogen (secondary N) is 2. The molecule has 4 heterocycles. The number of amides is 2. The molecule has 1 aliphatic heterocycles. The van der Waals surface area contributed by atoms with Gasteiger partial charge in [-0.2, -0.15) is 10.2 Å². The normalized spacial score (nSPS) is 16.9. The van der Waals surface area contributed by atoms with E-state index in [0.717, 1.165) is 24.2 Å². The maximum atomic E-state index is 13.2. The van der Waals surface area contributed by atoms with Crippen molar-refractivity contribution in [2.24, 2.45) is 13.0 Å².